The van der Waals surface area contributed by atoms with Crippen molar-refractivity contribution < 1.29 is 43.1 Å². The summed E-state index contributed by atoms with van der Waals surface area (Å²) >= 11 is 0. The number of piperidine rings is 1. The summed E-state index contributed by atoms with van der Waals surface area (Å²) in [6.45, 7) is 9.14. The van der Waals surface area contributed by atoms with Crippen LogP contribution in [0.25, 0.3) is 0 Å². The monoisotopic (exact) mass is 523 g/mol. The van der Waals surface area contributed by atoms with E-state index in [1.807, 2.05) is 13.8 Å². The summed E-state index contributed by atoms with van der Waals surface area (Å²) in [6, 6.07) is 0. The van der Waals surface area contributed by atoms with Gasteiger partial charge in [-0.3, -0.25) is 14.4 Å². The van der Waals surface area contributed by atoms with Crippen molar-refractivity contribution in [1.82, 2.24) is 4.90 Å². The molecule has 0 N–H and O–H groups in total. The lowest BCUT2D eigenvalue weighted by molar-refractivity contribution is -0.576. The molecule has 6 aliphatic rings. The maximum Gasteiger partial charge on any atom is 0.310 e. The Bertz CT molecular complexity index is 897. The van der Waals surface area contributed by atoms with E-state index in [-0.39, 0.29) is 48.4 Å². The van der Waals surface area contributed by atoms with Crippen LogP contribution < -0.4 is 0 Å². The van der Waals surface area contributed by atoms with Gasteiger partial charge in [-0.2, -0.15) is 0 Å². The molecule has 0 aromatic rings. The van der Waals surface area contributed by atoms with Crippen LogP contribution in [0.2, 0.25) is 0 Å². The van der Waals surface area contributed by atoms with Gasteiger partial charge in [-0.25, -0.2) is 9.78 Å². The van der Waals surface area contributed by atoms with Gasteiger partial charge in [0.2, 0.25) is 18.0 Å². The predicted molar refractivity (Wildman–Crippen MR) is 128 cm³/mol. The van der Waals surface area contributed by atoms with Crippen LogP contribution in [0, 0.1) is 29.6 Å². The maximum atomic E-state index is 12.8. The second-order valence-corrected chi connectivity index (χ2v) is 11.7. The SMILES string of the molecule is CCOC(=O)[C@@H]1CCCN(C(=O)CCC(=O)O[C@@H]2O[C@@H]3O[C@@]4(C)CC[C@H]5[C@H](C)CC[C@@H]([C@H]2C)[C@@]35OO4)C1. The third kappa shape index (κ3) is 4.90. The van der Waals surface area contributed by atoms with E-state index in [9.17, 15) is 14.4 Å². The highest BCUT2D eigenvalue weighted by molar-refractivity contribution is 5.82. The number of ether oxygens (including phenoxy) is 4. The molecule has 9 atom stereocenters. The van der Waals surface area contributed by atoms with Crippen LogP contribution in [0.4, 0.5) is 0 Å². The molecule has 37 heavy (non-hydrogen) atoms. The minimum atomic E-state index is -0.894. The summed E-state index contributed by atoms with van der Waals surface area (Å²) in [5.74, 6) is -1.48. The molecule has 2 bridgehead atoms. The van der Waals surface area contributed by atoms with E-state index in [2.05, 4.69) is 6.92 Å². The summed E-state index contributed by atoms with van der Waals surface area (Å²) in [5, 5.41) is 0. The van der Waals surface area contributed by atoms with Crippen molar-refractivity contribution in [1.29, 1.82) is 0 Å². The van der Waals surface area contributed by atoms with Crippen LogP contribution in [-0.4, -0.2) is 66.4 Å². The van der Waals surface area contributed by atoms with Crippen molar-refractivity contribution >= 4 is 17.8 Å². The van der Waals surface area contributed by atoms with E-state index in [0.717, 1.165) is 25.7 Å². The molecule has 5 saturated heterocycles. The molecule has 1 spiro atoms. The van der Waals surface area contributed by atoms with Gasteiger partial charge in [0.15, 0.2) is 11.9 Å². The zero-order valence-corrected chi connectivity index (χ0v) is 22.4. The van der Waals surface area contributed by atoms with E-state index in [0.29, 0.717) is 38.5 Å². The molecule has 1 aliphatic carbocycles. The molecule has 0 unspecified atom stereocenters. The topological polar surface area (TPSA) is 110 Å². The molecule has 1 saturated carbocycles. The lowest BCUT2D eigenvalue weighted by Crippen LogP contribution is -2.70. The largest absolute Gasteiger partial charge is 0.466 e. The first-order chi connectivity index (χ1) is 17.7. The molecular formula is C27H41NO9. The molecule has 6 rings (SSSR count). The number of fused-ring (bicyclic) bond motifs is 2. The van der Waals surface area contributed by atoms with Crippen molar-refractivity contribution in [3.8, 4) is 0 Å². The van der Waals surface area contributed by atoms with Crippen molar-refractivity contribution in [2.45, 2.75) is 103 Å². The minimum absolute atomic E-state index is 0.0252. The van der Waals surface area contributed by atoms with Crippen LogP contribution >= 0.6 is 0 Å². The molecule has 6 fully saturated rings. The predicted octanol–water partition coefficient (Wildman–Crippen LogP) is 3.32. The lowest BCUT2D eigenvalue weighted by atomic mass is 9.58. The van der Waals surface area contributed by atoms with Gasteiger partial charge in [0.05, 0.1) is 18.9 Å². The summed E-state index contributed by atoms with van der Waals surface area (Å²) in [4.78, 5) is 51.3. The van der Waals surface area contributed by atoms with Gasteiger partial charge < -0.3 is 23.8 Å². The number of hydrogen-bond acceptors (Lipinski definition) is 9. The number of esters is 2. The van der Waals surface area contributed by atoms with Gasteiger partial charge in [-0.05, 0) is 57.8 Å². The highest BCUT2D eigenvalue weighted by Gasteiger charge is 2.69. The molecule has 0 aromatic carbocycles. The van der Waals surface area contributed by atoms with Gasteiger partial charge >= 0.3 is 11.9 Å². The molecule has 0 radical (unpaired) electrons. The second kappa shape index (κ2) is 10.4. The van der Waals surface area contributed by atoms with E-state index in [1.54, 1.807) is 11.8 Å². The first kappa shape index (κ1) is 26.8. The van der Waals surface area contributed by atoms with Crippen LogP contribution in [0.1, 0.15) is 79.1 Å². The smallest absolute Gasteiger partial charge is 0.310 e. The van der Waals surface area contributed by atoms with Crippen molar-refractivity contribution in [2.24, 2.45) is 29.6 Å². The van der Waals surface area contributed by atoms with Gasteiger partial charge in [0.1, 0.15) is 0 Å². The van der Waals surface area contributed by atoms with Crippen LogP contribution in [0.15, 0.2) is 0 Å². The fraction of sp³-hybridized carbons (Fsp3) is 0.889. The van der Waals surface area contributed by atoms with Crippen molar-refractivity contribution in [3.63, 3.8) is 0 Å². The van der Waals surface area contributed by atoms with Crippen LogP contribution in [0.5, 0.6) is 0 Å². The Labute approximate surface area is 218 Å². The van der Waals surface area contributed by atoms with E-state index in [4.69, 9.17) is 28.7 Å². The minimum Gasteiger partial charge on any atom is -0.466 e. The summed E-state index contributed by atoms with van der Waals surface area (Å²) in [7, 11) is 0. The standard InChI is InChI=1S/C27H41NO9/c1-5-32-23(31)18-7-6-14-28(15-18)21(29)10-11-22(30)33-24-17(3)20-9-8-16(2)19-12-13-26(4)35-25(34-24)27(19,20)37-36-26/h16-20,24-25H,5-15H2,1-4H3/t16-,17-,18-,19+,20+,24-,25-,26-,27-/m1/s1. The van der Waals surface area contributed by atoms with Gasteiger partial charge in [0.25, 0.3) is 0 Å². The molecule has 5 aliphatic heterocycles. The quantitative estimate of drug-likeness (QED) is 0.382. The number of carbonyl (C=O) groups excluding carboxylic acids is 3. The Morgan fingerprint density at radius 2 is 1.84 bits per heavy atom. The number of nitrogens with zero attached hydrogens (tertiary/aromatic N) is 1. The van der Waals surface area contributed by atoms with Crippen LogP contribution in [0.3, 0.4) is 0 Å². The van der Waals surface area contributed by atoms with Crippen LogP contribution in [-0.2, 0) is 43.1 Å². The first-order valence-electron chi connectivity index (χ1n) is 14.0. The van der Waals surface area contributed by atoms with Gasteiger partial charge in [-0.1, -0.05) is 13.8 Å². The Hall–Kier alpha value is -1.75. The number of rotatable bonds is 6. The average Bonchev–Trinajstić information content (AvgIpc) is 3.11. The Morgan fingerprint density at radius 1 is 1.03 bits per heavy atom. The summed E-state index contributed by atoms with van der Waals surface area (Å²) in [6.07, 6.45) is 3.57. The molecule has 0 aromatic heterocycles. The third-order valence-corrected chi connectivity index (χ3v) is 9.28. The summed E-state index contributed by atoms with van der Waals surface area (Å²) < 4.78 is 23.5. The fourth-order valence-electron chi connectivity index (χ4n) is 7.22. The average molecular weight is 524 g/mol. The number of amides is 1. The lowest BCUT2D eigenvalue weighted by Gasteiger charge is -2.59. The van der Waals surface area contributed by atoms with E-state index < -0.39 is 29.9 Å². The van der Waals surface area contributed by atoms with Crippen molar-refractivity contribution in [2.75, 3.05) is 19.7 Å². The Balaban J connectivity index is 1.19. The fourth-order valence-corrected chi connectivity index (χ4v) is 7.22. The zero-order valence-electron chi connectivity index (χ0n) is 22.4. The summed E-state index contributed by atoms with van der Waals surface area (Å²) in [5.41, 5.74) is -0.713. The zero-order chi connectivity index (χ0) is 26.4. The number of hydrogen-bond donors (Lipinski definition) is 0. The molecule has 10 nitrogen and oxygen atoms in total. The first-order valence-corrected chi connectivity index (χ1v) is 14.0. The van der Waals surface area contributed by atoms with Gasteiger partial charge in [0, 0.05) is 37.8 Å². The maximum absolute atomic E-state index is 12.8. The highest BCUT2D eigenvalue weighted by Crippen LogP contribution is 2.60. The normalized spacial score (nSPS) is 42.9. The van der Waals surface area contributed by atoms with E-state index >= 15 is 0 Å². The second-order valence-electron chi connectivity index (χ2n) is 11.7. The molecule has 5 heterocycles. The molecular weight excluding hydrogens is 482 g/mol. The number of carbonyl (C=O) groups is 3. The molecule has 208 valence electrons. The number of likely N-dealkylation sites (tertiary alicyclic amines) is 1. The highest BCUT2D eigenvalue weighted by atomic mass is 17.3. The van der Waals surface area contributed by atoms with Crippen molar-refractivity contribution in [3.05, 3.63) is 0 Å². The Morgan fingerprint density at radius 3 is 2.62 bits per heavy atom. The van der Waals surface area contributed by atoms with E-state index in [1.165, 1.54) is 0 Å². The third-order valence-electron chi connectivity index (χ3n) is 9.28. The molecule has 10 heteroatoms. The molecule has 1 amide bonds. The Kier molecular flexibility index (Phi) is 7.57. The van der Waals surface area contributed by atoms with Gasteiger partial charge in [-0.15, -0.1) is 0 Å².